The van der Waals surface area contributed by atoms with Gasteiger partial charge in [0.1, 0.15) is 5.82 Å². The van der Waals surface area contributed by atoms with Crippen LogP contribution in [-0.4, -0.2) is 41.1 Å². The number of hydrogen-bond acceptors (Lipinski definition) is 3. The van der Waals surface area contributed by atoms with Crippen LogP contribution in [0.15, 0.2) is 12.4 Å². The fourth-order valence-corrected chi connectivity index (χ4v) is 1.89. The van der Waals surface area contributed by atoms with Crippen LogP contribution in [0.1, 0.15) is 12.2 Å². The van der Waals surface area contributed by atoms with Gasteiger partial charge in [-0.25, -0.2) is 4.98 Å². The minimum Gasteiger partial charge on any atom is -0.333 e. The zero-order chi connectivity index (χ0) is 9.80. The monoisotopic (exact) mass is 194 g/mol. The number of nitrogens with one attached hydrogen (secondary N) is 1. The van der Waals surface area contributed by atoms with Crippen LogP contribution in [0.3, 0.4) is 0 Å². The van der Waals surface area contributed by atoms with E-state index in [4.69, 9.17) is 0 Å². The van der Waals surface area contributed by atoms with Crippen LogP contribution < -0.4 is 5.32 Å². The molecule has 0 unspecified atom stereocenters. The Hall–Kier alpha value is -0.870. The van der Waals surface area contributed by atoms with Crippen molar-refractivity contribution in [3.8, 4) is 0 Å². The minimum absolute atomic E-state index is 1.01. The maximum atomic E-state index is 4.34. The number of hydrogen-bond donors (Lipinski definition) is 1. The number of fused-ring (bicyclic) bond motifs is 1. The second-order valence-corrected chi connectivity index (χ2v) is 3.77. The highest BCUT2D eigenvalue weighted by Gasteiger charge is 2.15. The molecule has 2 heterocycles. The lowest BCUT2D eigenvalue weighted by Gasteiger charge is -2.27. The van der Waals surface area contributed by atoms with Crippen LogP contribution in [0, 0.1) is 0 Å². The fraction of sp³-hybridized carbons (Fsp3) is 0.700. The highest BCUT2D eigenvalue weighted by Crippen LogP contribution is 2.09. The molecule has 4 heteroatoms. The van der Waals surface area contributed by atoms with Gasteiger partial charge in [0.15, 0.2) is 0 Å². The Morgan fingerprint density at radius 1 is 1.50 bits per heavy atom. The van der Waals surface area contributed by atoms with Crippen molar-refractivity contribution in [2.24, 2.45) is 0 Å². The molecule has 1 aromatic rings. The molecule has 4 nitrogen and oxygen atoms in total. The molecule has 1 aliphatic heterocycles. The van der Waals surface area contributed by atoms with E-state index in [1.54, 1.807) is 0 Å². The first kappa shape index (κ1) is 9.68. The van der Waals surface area contributed by atoms with Gasteiger partial charge in [0.25, 0.3) is 0 Å². The maximum absolute atomic E-state index is 4.34. The summed E-state index contributed by atoms with van der Waals surface area (Å²) in [6.07, 6.45) is 5.18. The molecule has 0 saturated heterocycles. The smallest absolute Gasteiger partial charge is 0.122 e. The van der Waals surface area contributed by atoms with Gasteiger partial charge in [-0.3, -0.25) is 4.90 Å². The Kier molecular flexibility index (Phi) is 3.16. The van der Waals surface area contributed by atoms with Crippen LogP contribution in [0.5, 0.6) is 0 Å². The van der Waals surface area contributed by atoms with Crippen molar-refractivity contribution < 1.29 is 0 Å². The third-order valence-corrected chi connectivity index (χ3v) is 2.72. The van der Waals surface area contributed by atoms with Crippen LogP contribution in [0.2, 0.25) is 0 Å². The van der Waals surface area contributed by atoms with Crippen molar-refractivity contribution >= 4 is 0 Å². The summed E-state index contributed by atoms with van der Waals surface area (Å²) < 4.78 is 2.24. The summed E-state index contributed by atoms with van der Waals surface area (Å²) in [5.41, 5.74) is 0. The van der Waals surface area contributed by atoms with Crippen LogP contribution >= 0.6 is 0 Å². The van der Waals surface area contributed by atoms with Gasteiger partial charge >= 0.3 is 0 Å². The summed E-state index contributed by atoms with van der Waals surface area (Å²) in [6.45, 7) is 5.54. The van der Waals surface area contributed by atoms with E-state index in [9.17, 15) is 0 Å². The normalized spacial score (nSPS) is 16.9. The number of nitrogens with zero attached hydrogens (tertiary/aromatic N) is 3. The van der Waals surface area contributed by atoms with Gasteiger partial charge in [0, 0.05) is 25.5 Å². The van der Waals surface area contributed by atoms with Gasteiger partial charge in [-0.2, -0.15) is 0 Å². The Balaban J connectivity index is 1.82. The third-order valence-electron chi connectivity index (χ3n) is 2.72. The molecule has 0 aromatic carbocycles. The SMILES string of the molecule is CNCCCN1CCn2ccnc2C1. The average Bonchev–Trinajstić information content (AvgIpc) is 2.65. The van der Waals surface area contributed by atoms with E-state index in [1.165, 1.54) is 18.8 Å². The molecule has 1 N–H and O–H groups in total. The Bertz CT molecular complexity index is 281. The van der Waals surface area contributed by atoms with Crippen molar-refractivity contribution in [2.45, 2.75) is 19.5 Å². The fourth-order valence-electron chi connectivity index (χ4n) is 1.89. The average molecular weight is 194 g/mol. The summed E-state index contributed by atoms with van der Waals surface area (Å²) in [5.74, 6) is 1.21. The van der Waals surface area contributed by atoms with E-state index in [0.717, 1.165) is 26.2 Å². The van der Waals surface area contributed by atoms with Gasteiger partial charge in [0.05, 0.1) is 6.54 Å². The van der Waals surface area contributed by atoms with Gasteiger partial charge < -0.3 is 9.88 Å². The Morgan fingerprint density at radius 3 is 3.29 bits per heavy atom. The van der Waals surface area contributed by atoms with Crippen molar-refractivity contribution in [3.05, 3.63) is 18.2 Å². The molecule has 0 aliphatic carbocycles. The first-order valence-corrected chi connectivity index (χ1v) is 5.27. The van der Waals surface area contributed by atoms with E-state index in [1.807, 2.05) is 13.2 Å². The number of rotatable bonds is 4. The van der Waals surface area contributed by atoms with Gasteiger partial charge in [0.2, 0.25) is 0 Å². The molecule has 0 atom stereocenters. The summed E-state index contributed by atoms with van der Waals surface area (Å²) in [6, 6.07) is 0. The van der Waals surface area contributed by atoms with E-state index < -0.39 is 0 Å². The molecule has 14 heavy (non-hydrogen) atoms. The molecule has 0 fully saturated rings. The first-order valence-electron chi connectivity index (χ1n) is 5.27. The third kappa shape index (κ3) is 2.13. The van der Waals surface area contributed by atoms with Gasteiger partial charge in [-0.05, 0) is 26.6 Å². The van der Waals surface area contributed by atoms with Gasteiger partial charge in [-0.1, -0.05) is 0 Å². The largest absolute Gasteiger partial charge is 0.333 e. The second-order valence-electron chi connectivity index (χ2n) is 3.77. The predicted octanol–water partition coefficient (Wildman–Crippen LogP) is 0.308. The van der Waals surface area contributed by atoms with Crippen molar-refractivity contribution in [1.29, 1.82) is 0 Å². The lowest BCUT2D eigenvalue weighted by Crippen LogP contribution is -2.35. The molecule has 0 saturated carbocycles. The summed E-state index contributed by atoms with van der Waals surface area (Å²) >= 11 is 0. The van der Waals surface area contributed by atoms with Crippen LogP contribution in [0.25, 0.3) is 0 Å². The quantitative estimate of drug-likeness (QED) is 0.700. The number of aromatic nitrogens is 2. The van der Waals surface area contributed by atoms with Crippen LogP contribution in [0.4, 0.5) is 0 Å². The molecule has 1 aromatic heterocycles. The zero-order valence-electron chi connectivity index (χ0n) is 8.74. The molecular formula is C10H18N4. The van der Waals surface area contributed by atoms with E-state index >= 15 is 0 Å². The molecule has 0 spiro atoms. The standard InChI is InChI=1S/C10H18N4/c1-11-3-2-5-13-7-8-14-6-4-12-10(14)9-13/h4,6,11H,2-3,5,7-9H2,1H3. The Morgan fingerprint density at radius 2 is 2.43 bits per heavy atom. The highest BCUT2D eigenvalue weighted by atomic mass is 15.2. The van der Waals surface area contributed by atoms with Crippen LogP contribution in [-0.2, 0) is 13.1 Å². The van der Waals surface area contributed by atoms with Crippen molar-refractivity contribution in [1.82, 2.24) is 19.8 Å². The molecule has 1 aliphatic rings. The predicted molar refractivity (Wildman–Crippen MR) is 56.0 cm³/mol. The summed E-state index contributed by atoms with van der Waals surface area (Å²) in [5, 5.41) is 3.17. The van der Waals surface area contributed by atoms with Crippen molar-refractivity contribution in [2.75, 3.05) is 26.7 Å². The lowest BCUT2D eigenvalue weighted by atomic mass is 10.3. The molecular weight excluding hydrogens is 176 g/mol. The van der Waals surface area contributed by atoms with Gasteiger partial charge in [-0.15, -0.1) is 0 Å². The second kappa shape index (κ2) is 4.57. The maximum Gasteiger partial charge on any atom is 0.122 e. The summed E-state index contributed by atoms with van der Waals surface area (Å²) in [4.78, 5) is 6.81. The topological polar surface area (TPSA) is 33.1 Å². The van der Waals surface area contributed by atoms with E-state index in [-0.39, 0.29) is 0 Å². The molecule has 0 bridgehead atoms. The lowest BCUT2D eigenvalue weighted by molar-refractivity contribution is 0.214. The molecule has 78 valence electrons. The molecule has 0 amide bonds. The Labute approximate surface area is 84.9 Å². The number of imidazole rings is 1. The highest BCUT2D eigenvalue weighted by molar-refractivity contribution is 4.95. The first-order chi connectivity index (χ1) is 6.90. The molecule has 0 radical (unpaired) electrons. The van der Waals surface area contributed by atoms with E-state index in [2.05, 4.69) is 26.0 Å². The summed E-state index contributed by atoms with van der Waals surface area (Å²) in [7, 11) is 2.00. The van der Waals surface area contributed by atoms with Crippen molar-refractivity contribution in [3.63, 3.8) is 0 Å². The minimum atomic E-state index is 1.01. The molecule has 2 rings (SSSR count). The zero-order valence-corrected chi connectivity index (χ0v) is 8.74. The van der Waals surface area contributed by atoms with E-state index in [0.29, 0.717) is 0 Å².